The average Bonchev–Trinajstić information content (AvgIpc) is 3.78. The monoisotopic (exact) mass is 666 g/mol. The van der Waals surface area contributed by atoms with Gasteiger partial charge in [-0.25, -0.2) is 0 Å². The highest BCUT2D eigenvalue weighted by atomic mass is 31.2. The van der Waals surface area contributed by atoms with Crippen LogP contribution in [0.1, 0.15) is 0 Å². The van der Waals surface area contributed by atoms with Crippen molar-refractivity contribution in [2.24, 2.45) is 0 Å². The van der Waals surface area contributed by atoms with Crippen LogP contribution in [0.4, 0.5) is 0 Å². The number of ether oxygens (including phenoxy) is 2. The summed E-state index contributed by atoms with van der Waals surface area (Å²) in [6.45, 7) is 0. The summed E-state index contributed by atoms with van der Waals surface area (Å²) in [4.78, 5) is 0. The Morgan fingerprint density at radius 2 is 0.780 bits per heavy atom. The van der Waals surface area contributed by atoms with Crippen molar-refractivity contribution in [1.82, 2.24) is 9.13 Å². The Balaban J connectivity index is 1.31. The zero-order valence-electron chi connectivity index (χ0n) is 27.5. The van der Waals surface area contributed by atoms with Crippen LogP contribution in [0.2, 0.25) is 0 Å². The van der Waals surface area contributed by atoms with Crippen molar-refractivity contribution in [2.75, 3.05) is 14.2 Å². The van der Waals surface area contributed by atoms with Crippen LogP contribution < -0.4 is 25.4 Å². The lowest BCUT2D eigenvalue weighted by molar-refractivity contribution is 0.413. The van der Waals surface area contributed by atoms with E-state index in [1.807, 2.05) is 30.3 Å². The molecule has 9 aromatic rings. The summed E-state index contributed by atoms with van der Waals surface area (Å²) in [5.41, 5.74) is 7.73. The van der Waals surface area contributed by atoms with Crippen LogP contribution in [0.25, 0.3) is 66.1 Å². The molecule has 0 fully saturated rings. The van der Waals surface area contributed by atoms with Crippen molar-refractivity contribution in [3.63, 3.8) is 0 Å². The van der Waals surface area contributed by atoms with Gasteiger partial charge in [0.2, 0.25) is 0 Å². The van der Waals surface area contributed by atoms with E-state index in [1.54, 1.807) is 14.2 Å². The molecule has 0 aliphatic carbocycles. The minimum atomic E-state index is -3.40. The number of hydrogen-bond acceptors (Lipinski definition) is 3. The van der Waals surface area contributed by atoms with Gasteiger partial charge in [0.25, 0.3) is 0 Å². The summed E-state index contributed by atoms with van der Waals surface area (Å²) in [6.07, 6.45) is 0. The van der Waals surface area contributed by atoms with Crippen LogP contribution in [-0.2, 0) is 4.57 Å². The van der Waals surface area contributed by atoms with E-state index in [0.717, 1.165) is 82.0 Å². The Bertz CT molecular complexity index is 2600. The molecule has 0 radical (unpaired) electrons. The van der Waals surface area contributed by atoms with Gasteiger partial charge in [-0.05, 0) is 59.7 Å². The first kappa shape index (κ1) is 28.9. The predicted octanol–water partition coefficient (Wildman–Crippen LogP) is 9.52. The van der Waals surface area contributed by atoms with Crippen molar-refractivity contribution in [1.29, 1.82) is 0 Å². The number of rotatable bonds is 5. The maximum atomic E-state index is 16.3. The Morgan fingerprint density at radius 3 is 1.14 bits per heavy atom. The third-order valence-electron chi connectivity index (χ3n) is 10.3. The van der Waals surface area contributed by atoms with E-state index in [1.165, 1.54) is 0 Å². The van der Waals surface area contributed by atoms with Gasteiger partial charge in [0.15, 0.2) is 7.14 Å². The van der Waals surface area contributed by atoms with Crippen LogP contribution in [0.15, 0.2) is 152 Å². The summed E-state index contributed by atoms with van der Waals surface area (Å²) in [6, 6.07) is 51.9. The molecular weight excluding hydrogens is 635 g/mol. The molecule has 1 aliphatic heterocycles. The molecule has 6 heteroatoms. The van der Waals surface area contributed by atoms with Gasteiger partial charge in [-0.1, -0.05) is 103 Å². The number of nitrogens with zero attached hydrogens (tertiary/aromatic N) is 2. The maximum absolute atomic E-state index is 16.3. The van der Waals surface area contributed by atoms with Crippen molar-refractivity contribution < 1.29 is 14.0 Å². The Kier molecular flexibility index (Phi) is 6.21. The number of benzene rings is 7. The second-order valence-corrected chi connectivity index (χ2v) is 15.5. The maximum Gasteiger partial charge on any atom is 0.172 e. The zero-order valence-corrected chi connectivity index (χ0v) is 28.4. The molecule has 0 saturated carbocycles. The van der Waals surface area contributed by atoms with Gasteiger partial charge in [0.1, 0.15) is 11.5 Å². The van der Waals surface area contributed by atoms with E-state index in [0.29, 0.717) is 11.5 Å². The Morgan fingerprint density at radius 1 is 0.440 bits per heavy atom. The second-order valence-electron chi connectivity index (χ2n) is 12.8. The van der Waals surface area contributed by atoms with Crippen molar-refractivity contribution in [3.8, 4) is 34.0 Å². The Hall–Kier alpha value is -6.03. The topological polar surface area (TPSA) is 45.4 Å². The fraction of sp³-hybridized carbons (Fsp3) is 0.0455. The molecule has 3 heterocycles. The summed E-state index contributed by atoms with van der Waals surface area (Å²) >= 11 is 0. The molecule has 5 nitrogen and oxygen atoms in total. The number of hydrogen-bond donors (Lipinski definition) is 0. The molecule has 0 N–H and O–H groups in total. The lowest BCUT2D eigenvalue weighted by atomic mass is 10.0. The quantitative estimate of drug-likeness (QED) is 0.172. The molecule has 0 spiro atoms. The lowest BCUT2D eigenvalue weighted by Crippen LogP contribution is -2.22. The summed E-state index contributed by atoms with van der Waals surface area (Å²) in [5, 5.41) is 6.98. The smallest absolute Gasteiger partial charge is 0.172 e. The molecule has 50 heavy (non-hydrogen) atoms. The first-order chi connectivity index (χ1) is 24.6. The van der Waals surface area contributed by atoms with Gasteiger partial charge in [0.05, 0.1) is 47.7 Å². The highest BCUT2D eigenvalue weighted by molar-refractivity contribution is 7.86. The van der Waals surface area contributed by atoms with E-state index >= 15 is 4.57 Å². The van der Waals surface area contributed by atoms with Crippen molar-refractivity contribution in [2.45, 2.75) is 0 Å². The van der Waals surface area contributed by atoms with Crippen LogP contribution in [0.3, 0.4) is 0 Å². The molecule has 0 atom stereocenters. The van der Waals surface area contributed by atoms with Crippen LogP contribution in [0, 0.1) is 0 Å². The van der Waals surface area contributed by atoms with Gasteiger partial charge < -0.3 is 23.2 Å². The van der Waals surface area contributed by atoms with E-state index in [2.05, 4.69) is 130 Å². The number of para-hydroxylation sites is 4. The minimum absolute atomic E-state index is 0.702. The van der Waals surface area contributed by atoms with Crippen molar-refractivity contribution >= 4 is 66.7 Å². The molecule has 240 valence electrons. The molecular formula is C44H31N2O3P. The first-order valence-corrected chi connectivity index (χ1v) is 18.4. The third-order valence-corrected chi connectivity index (χ3v) is 13.4. The molecule has 2 aromatic heterocycles. The fourth-order valence-electron chi connectivity index (χ4n) is 8.15. The van der Waals surface area contributed by atoms with Crippen molar-refractivity contribution in [3.05, 3.63) is 152 Å². The van der Waals surface area contributed by atoms with Crippen LogP contribution in [-0.4, -0.2) is 23.4 Å². The average molecular weight is 667 g/mol. The fourth-order valence-corrected chi connectivity index (χ4v) is 11.2. The van der Waals surface area contributed by atoms with Gasteiger partial charge >= 0.3 is 0 Å². The molecule has 1 aliphatic rings. The highest BCUT2D eigenvalue weighted by Gasteiger charge is 2.42. The van der Waals surface area contributed by atoms with Gasteiger partial charge in [-0.3, -0.25) is 0 Å². The summed E-state index contributed by atoms with van der Waals surface area (Å²) < 4.78 is 33.1. The molecule has 0 bridgehead atoms. The van der Waals surface area contributed by atoms with E-state index < -0.39 is 7.14 Å². The first-order valence-electron chi connectivity index (χ1n) is 16.7. The molecule has 0 saturated heterocycles. The predicted molar refractivity (Wildman–Crippen MR) is 207 cm³/mol. The normalized spacial score (nSPS) is 13.2. The standard InChI is InChI=1S/C44H31N2O3P/c1-48-41-24-33-34-25-42(49-2)40(46-37-22-12-8-18-31(37)32-19-9-13-23-38(32)46)27-44(34)50(47,28-14-4-3-5-15-28)43(33)26-39(41)45-35-20-10-6-16-29(35)30-17-7-11-21-36(30)45/h3-27H,1-2H3. The Labute approximate surface area is 288 Å². The molecule has 10 rings (SSSR count). The van der Waals surface area contributed by atoms with Gasteiger partial charge in [-0.2, -0.15) is 0 Å². The van der Waals surface area contributed by atoms with Crippen LogP contribution >= 0.6 is 7.14 Å². The van der Waals surface area contributed by atoms with E-state index in [9.17, 15) is 0 Å². The zero-order chi connectivity index (χ0) is 33.6. The number of methoxy groups -OCH3 is 2. The molecule has 0 amide bonds. The minimum Gasteiger partial charge on any atom is -0.495 e. The second kappa shape index (κ2) is 10.7. The summed E-state index contributed by atoms with van der Waals surface area (Å²) in [7, 11) is 0.0123. The highest BCUT2D eigenvalue weighted by Crippen LogP contribution is 2.55. The molecule has 7 aromatic carbocycles. The van der Waals surface area contributed by atoms with E-state index in [-0.39, 0.29) is 0 Å². The third kappa shape index (κ3) is 3.81. The largest absolute Gasteiger partial charge is 0.495 e. The van der Waals surface area contributed by atoms with Gasteiger partial charge in [-0.15, -0.1) is 0 Å². The molecule has 0 unspecified atom stereocenters. The number of fused-ring (bicyclic) bond motifs is 9. The van der Waals surface area contributed by atoms with E-state index in [4.69, 9.17) is 9.47 Å². The summed E-state index contributed by atoms with van der Waals surface area (Å²) in [5.74, 6) is 1.40. The SMILES string of the molecule is COc1cc2c(cc1-n1c3ccccc3c3ccccc31)P(=O)(c1ccccc1)c1cc(-n3c4ccccc4c4ccccc43)c(OC)cc1-2. The number of aromatic nitrogens is 2. The van der Waals surface area contributed by atoms with Gasteiger partial charge in [0, 0.05) is 37.5 Å². The lowest BCUT2D eigenvalue weighted by Gasteiger charge is -2.20. The van der Waals surface area contributed by atoms with Crippen LogP contribution in [0.5, 0.6) is 11.5 Å².